The predicted molar refractivity (Wildman–Crippen MR) is 149 cm³/mol. The van der Waals surface area contributed by atoms with Crippen LogP contribution in [0.4, 0.5) is 11.4 Å². The third-order valence-corrected chi connectivity index (χ3v) is 7.73. The SMILES string of the molecule is CC(C)(C(=O)Nc1ccc(N2CCOCC2)cc1)N(C(=O)CN1C[C@H](c2ccccc2)NC1=S)C1CC1. The van der Waals surface area contributed by atoms with Crippen molar-refractivity contribution in [3.8, 4) is 0 Å². The number of thiocarbonyl (C=S) groups is 1. The van der Waals surface area contributed by atoms with Gasteiger partial charge >= 0.3 is 0 Å². The van der Waals surface area contributed by atoms with E-state index in [-0.39, 0.29) is 30.4 Å². The highest BCUT2D eigenvalue weighted by Crippen LogP contribution is 2.34. The van der Waals surface area contributed by atoms with Crippen molar-refractivity contribution in [1.82, 2.24) is 15.1 Å². The molecule has 2 N–H and O–H groups in total. The van der Waals surface area contributed by atoms with E-state index in [1.54, 1.807) is 4.90 Å². The average Bonchev–Trinajstić information content (AvgIpc) is 3.67. The maximum atomic E-state index is 13.6. The number of rotatable bonds is 8. The fourth-order valence-corrected chi connectivity index (χ4v) is 5.40. The molecule has 3 aliphatic rings. The van der Waals surface area contributed by atoms with Crippen molar-refractivity contribution < 1.29 is 14.3 Å². The summed E-state index contributed by atoms with van der Waals surface area (Å²) in [6.07, 6.45) is 1.82. The molecule has 0 unspecified atom stereocenters. The number of ether oxygens (including phenoxy) is 1. The summed E-state index contributed by atoms with van der Waals surface area (Å²) in [6.45, 7) is 7.60. The van der Waals surface area contributed by atoms with Gasteiger partial charge in [0.05, 0.1) is 25.8 Å². The lowest BCUT2D eigenvalue weighted by Gasteiger charge is -2.38. The Labute approximate surface area is 223 Å². The molecule has 0 bridgehead atoms. The van der Waals surface area contributed by atoms with Crippen LogP contribution in [0.15, 0.2) is 54.6 Å². The van der Waals surface area contributed by atoms with Gasteiger partial charge in [0, 0.05) is 37.1 Å². The Balaban J connectivity index is 1.23. The van der Waals surface area contributed by atoms with Crippen molar-refractivity contribution in [1.29, 1.82) is 0 Å². The van der Waals surface area contributed by atoms with E-state index in [9.17, 15) is 9.59 Å². The molecule has 9 heteroatoms. The van der Waals surface area contributed by atoms with Crippen LogP contribution in [0.2, 0.25) is 0 Å². The van der Waals surface area contributed by atoms with Gasteiger partial charge in [-0.3, -0.25) is 9.59 Å². The number of amides is 2. The van der Waals surface area contributed by atoms with Gasteiger partial charge in [-0.15, -0.1) is 0 Å². The third kappa shape index (κ3) is 5.72. The lowest BCUT2D eigenvalue weighted by molar-refractivity contribution is -0.144. The first-order valence-electron chi connectivity index (χ1n) is 13.0. The summed E-state index contributed by atoms with van der Waals surface area (Å²) in [4.78, 5) is 33.0. The number of anilines is 2. The second kappa shape index (κ2) is 10.7. The fourth-order valence-electron chi connectivity index (χ4n) is 5.11. The highest BCUT2D eigenvalue weighted by molar-refractivity contribution is 7.80. The second-order valence-corrected chi connectivity index (χ2v) is 10.8. The molecule has 2 heterocycles. The number of carbonyl (C=O) groups excluding carboxylic acids is 2. The van der Waals surface area contributed by atoms with Crippen molar-refractivity contribution in [2.75, 3.05) is 49.6 Å². The molecule has 1 aliphatic carbocycles. The van der Waals surface area contributed by atoms with E-state index in [4.69, 9.17) is 17.0 Å². The number of hydrogen-bond acceptors (Lipinski definition) is 5. The lowest BCUT2D eigenvalue weighted by atomic mass is 10.00. The van der Waals surface area contributed by atoms with E-state index < -0.39 is 5.54 Å². The van der Waals surface area contributed by atoms with Crippen LogP contribution >= 0.6 is 12.2 Å². The Morgan fingerprint density at radius 3 is 2.41 bits per heavy atom. The Hall–Kier alpha value is -3.17. The van der Waals surface area contributed by atoms with Gasteiger partial charge in [0.2, 0.25) is 11.8 Å². The molecule has 2 amide bonds. The molecule has 0 aromatic heterocycles. The topological polar surface area (TPSA) is 77.2 Å². The van der Waals surface area contributed by atoms with E-state index in [1.165, 1.54) is 0 Å². The first-order chi connectivity index (χ1) is 17.8. The molecule has 0 radical (unpaired) electrons. The van der Waals surface area contributed by atoms with Gasteiger partial charge in [-0.05, 0) is 68.7 Å². The van der Waals surface area contributed by atoms with Crippen LogP contribution in [-0.2, 0) is 14.3 Å². The lowest BCUT2D eigenvalue weighted by Crippen LogP contribution is -2.58. The molecule has 2 aliphatic heterocycles. The summed E-state index contributed by atoms with van der Waals surface area (Å²) in [5.74, 6) is -0.278. The normalized spacial score (nSPS) is 19.9. The Morgan fingerprint density at radius 2 is 1.76 bits per heavy atom. The van der Waals surface area contributed by atoms with Crippen molar-refractivity contribution in [3.63, 3.8) is 0 Å². The molecule has 2 aromatic carbocycles. The first kappa shape index (κ1) is 25.5. The summed E-state index contributed by atoms with van der Waals surface area (Å²) in [7, 11) is 0. The van der Waals surface area contributed by atoms with E-state index >= 15 is 0 Å². The van der Waals surface area contributed by atoms with Crippen LogP contribution in [0.3, 0.4) is 0 Å². The van der Waals surface area contributed by atoms with Crippen molar-refractivity contribution >= 4 is 40.5 Å². The van der Waals surface area contributed by atoms with Crippen LogP contribution < -0.4 is 15.5 Å². The summed E-state index contributed by atoms with van der Waals surface area (Å²) in [5, 5.41) is 6.93. The number of benzene rings is 2. The average molecular weight is 522 g/mol. The van der Waals surface area contributed by atoms with Crippen LogP contribution in [0.5, 0.6) is 0 Å². The molecule has 8 nitrogen and oxygen atoms in total. The monoisotopic (exact) mass is 521 g/mol. The van der Waals surface area contributed by atoms with Crippen LogP contribution in [0.1, 0.15) is 38.3 Å². The van der Waals surface area contributed by atoms with E-state index in [0.29, 0.717) is 17.3 Å². The zero-order valence-electron chi connectivity index (χ0n) is 21.5. The Bertz CT molecular complexity index is 1130. The number of hydrogen-bond donors (Lipinski definition) is 2. The zero-order chi connectivity index (χ0) is 26.0. The minimum atomic E-state index is -1.01. The summed E-state index contributed by atoms with van der Waals surface area (Å²) in [5.41, 5.74) is 1.96. The maximum absolute atomic E-state index is 13.6. The highest BCUT2D eigenvalue weighted by atomic mass is 32.1. The summed E-state index contributed by atoms with van der Waals surface area (Å²) in [6, 6.07) is 18.1. The fraction of sp³-hybridized carbons (Fsp3) is 0.464. The molecule has 0 spiro atoms. The Morgan fingerprint density at radius 1 is 1.08 bits per heavy atom. The van der Waals surface area contributed by atoms with Crippen LogP contribution in [0.25, 0.3) is 0 Å². The van der Waals surface area contributed by atoms with Gasteiger partial charge in [-0.25, -0.2) is 0 Å². The number of morpholine rings is 1. The minimum absolute atomic E-state index is 0.0487. The smallest absolute Gasteiger partial charge is 0.249 e. The van der Waals surface area contributed by atoms with Crippen molar-refractivity contribution in [2.45, 2.75) is 44.3 Å². The van der Waals surface area contributed by atoms with Gasteiger partial charge in [0.1, 0.15) is 5.54 Å². The predicted octanol–water partition coefficient (Wildman–Crippen LogP) is 3.16. The van der Waals surface area contributed by atoms with E-state index in [2.05, 4.69) is 27.7 Å². The molecule has 1 atom stereocenters. The molecule has 37 heavy (non-hydrogen) atoms. The van der Waals surface area contributed by atoms with Crippen molar-refractivity contribution in [2.24, 2.45) is 0 Å². The molecule has 196 valence electrons. The molecular weight excluding hydrogens is 486 g/mol. The zero-order valence-corrected chi connectivity index (χ0v) is 22.3. The highest BCUT2D eigenvalue weighted by Gasteiger charge is 2.46. The molecule has 2 saturated heterocycles. The van der Waals surface area contributed by atoms with Gasteiger partial charge < -0.3 is 30.1 Å². The third-order valence-electron chi connectivity index (χ3n) is 7.36. The van der Waals surface area contributed by atoms with Gasteiger partial charge in [0.15, 0.2) is 5.11 Å². The van der Waals surface area contributed by atoms with Crippen LogP contribution in [0, 0.1) is 0 Å². The van der Waals surface area contributed by atoms with E-state index in [0.717, 1.165) is 50.4 Å². The standard InChI is InChI=1S/C28H35N5O3S/c1-28(2,26(35)29-21-8-10-22(11-9-21)31-14-16-36-17-15-31)33(23-12-13-23)25(34)19-32-18-24(30-27(32)37)20-6-4-3-5-7-20/h3-11,23-24H,12-19H2,1-2H3,(H,29,35)(H,30,37)/t24-/m1/s1. The van der Waals surface area contributed by atoms with Gasteiger partial charge in [-0.2, -0.15) is 0 Å². The molecule has 3 fully saturated rings. The first-order valence-corrected chi connectivity index (χ1v) is 13.4. The van der Waals surface area contributed by atoms with Crippen molar-refractivity contribution in [3.05, 3.63) is 60.2 Å². The summed E-state index contributed by atoms with van der Waals surface area (Å²) < 4.78 is 5.43. The number of nitrogens with zero attached hydrogens (tertiary/aromatic N) is 3. The molecule has 2 aromatic rings. The molecular formula is C28H35N5O3S. The van der Waals surface area contributed by atoms with E-state index in [1.807, 2.05) is 61.2 Å². The van der Waals surface area contributed by atoms with Gasteiger partial charge in [0.25, 0.3) is 0 Å². The van der Waals surface area contributed by atoms with Gasteiger partial charge in [-0.1, -0.05) is 30.3 Å². The van der Waals surface area contributed by atoms with Crippen LogP contribution in [-0.4, -0.2) is 77.7 Å². The largest absolute Gasteiger partial charge is 0.378 e. The molecule has 5 rings (SSSR count). The summed E-state index contributed by atoms with van der Waals surface area (Å²) >= 11 is 5.55. The Kier molecular flexibility index (Phi) is 7.35. The second-order valence-electron chi connectivity index (χ2n) is 10.4. The minimum Gasteiger partial charge on any atom is -0.378 e. The molecule has 1 saturated carbocycles. The quantitative estimate of drug-likeness (QED) is 0.517. The number of nitrogens with one attached hydrogen (secondary N) is 2. The maximum Gasteiger partial charge on any atom is 0.249 e. The number of carbonyl (C=O) groups is 2.